The van der Waals surface area contributed by atoms with Crippen LogP contribution in [0.1, 0.15) is 24.4 Å². The largest absolute Gasteiger partial charge is 0.315 e. The number of fused-ring (bicyclic) bond motifs is 2. The summed E-state index contributed by atoms with van der Waals surface area (Å²) in [7, 11) is 0. The van der Waals surface area contributed by atoms with Crippen molar-refractivity contribution in [1.29, 1.82) is 0 Å². The van der Waals surface area contributed by atoms with Crippen LogP contribution in [0, 0.1) is 0 Å². The van der Waals surface area contributed by atoms with Crippen LogP contribution in [0.2, 0.25) is 0 Å². The van der Waals surface area contributed by atoms with E-state index in [1.807, 2.05) is 47.9 Å². The Hall–Kier alpha value is -3.18. The molecule has 1 atom stereocenters. The predicted octanol–water partition coefficient (Wildman–Crippen LogP) is 3.33. The Balaban J connectivity index is 1.87. The minimum atomic E-state index is -0.447. The highest BCUT2D eigenvalue weighted by Crippen LogP contribution is 2.26. The third-order valence-corrected chi connectivity index (χ3v) is 4.81. The second-order valence-electron chi connectivity index (χ2n) is 6.39. The molecule has 1 aromatic heterocycles. The van der Waals surface area contributed by atoms with Crippen molar-refractivity contribution in [2.75, 3.05) is 0 Å². The van der Waals surface area contributed by atoms with Gasteiger partial charge in [-0.1, -0.05) is 54.6 Å². The first-order valence-electron chi connectivity index (χ1n) is 8.62. The third kappa shape index (κ3) is 2.72. The van der Waals surface area contributed by atoms with E-state index in [2.05, 4.69) is 35.8 Å². The number of nitrogens with two attached hydrogens (primary N) is 1. The highest BCUT2D eigenvalue weighted by atomic mass is 16.2. The highest BCUT2D eigenvalue weighted by Gasteiger charge is 2.21. The number of imidazole rings is 1. The lowest BCUT2D eigenvalue weighted by Crippen LogP contribution is -2.36. The van der Waals surface area contributed by atoms with Gasteiger partial charge in [0.25, 0.3) is 5.91 Å². The molecule has 26 heavy (non-hydrogen) atoms. The first-order valence-corrected chi connectivity index (χ1v) is 8.62. The molecule has 0 bridgehead atoms. The summed E-state index contributed by atoms with van der Waals surface area (Å²) >= 11 is 0. The number of rotatable bonds is 4. The van der Waals surface area contributed by atoms with E-state index >= 15 is 0 Å². The van der Waals surface area contributed by atoms with Gasteiger partial charge in [-0.3, -0.25) is 10.2 Å². The Labute approximate surface area is 151 Å². The molecule has 1 heterocycles. The molecule has 0 aliphatic heterocycles. The Morgan fingerprint density at radius 3 is 2.65 bits per heavy atom. The van der Waals surface area contributed by atoms with Crippen LogP contribution in [0.3, 0.4) is 0 Å². The number of nitrogens with one attached hydrogen (secondary N) is 1. The van der Waals surface area contributed by atoms with Gasteiger partial charge in [-0.25, -0.2) is 10.8 Å². The second kappa shape index (κ2) is 6.61. The monoisotopic (exact) mass is 344 g/mol. The molecule has 130 valence electrons. The van der Waals surface area contributed by atoms with Gasteiger partial charge in [-0.2, -0.15) is 0 Å². The van der Waals surface area contributed by atoms with Crippen LogP contribution in [0.5, 0.6) is 0 Å². The van der Waals surface area contributed by atoms with Crippen molar-refractivity contribution in [2.24, 2.45) is 5.84 Å². The molecule has 5 nitrogen and oxygen atoms in total. The molecule has 1 unspecified atom stereocenters. The van der Waals surface area contributed by atoms with Gasteiger partial charge in [0.15, 0.2) is 0 Å². The van der Waals surface area contributed by atoms with Gasteiger partial charge in [0.05, 0.1) is 11.0 Å². The lowest BCUT2D eigenvalue weighted by Gasteiger charge is -2.16. The Morgan fingerprint density at radius 1 is 1.08 bits per heavy atom. The maximum Gasteiger partial charge on any atom is 0.256 e. The summed E-state index contributed by atoms with van der Waals surface area (Å²) in [6.45, 7) is 1.84. The van der Waals surface area contributed by atoms with Gasteiger partial charge in [-0.15, -0.1) is 0 Å². The molecular formula is C21H20N4O. The number of carbonyl (C=O) groups is 1. The van der Waals surface area contributed by atoms with Crippen LogP contribution in [0.15, 0.2) is 66.7 Å². The number of para-hydroxylation sites is 2. The van der Waals surface area contributed by atoms with Crippen LogP contribution in [0.25, 0.3) is 21.8 Å². The van der Waals surface area contributed by atoms with Crippen molar-refractivity contribution in [2.45, 2.75) is 19.4 Å². The van der Waals surface area contributed by atoms with Gasteiger partial charge < -0.3 is 4.57 Å². The van der Waals surface area contributed by atoms with Crippen molar-refractivity contribution >= 4 is 27.7 Å². The normalized spacial score (nSPS) is 12.4. The summed E-state index contributed by atoms with van der Waals surface area (Å²) < 4.78 is 1.97. The predicted molar refractivity (Wildman–Crippen MR) is 104 cm³/mol. The molecular weight excluding hydrogens is 324 g/mol. The van der Waals surface area contributed by atoms with Crippen LogP contribution >= 0.6 is 0 Å². The maximum atomic E-state index is 12.2. The molecule has 3 N–H and O–H groups in total. The van der Waals surface area contributed by atoms with Gasteiger partial charge in [0.2, 0.25) is 0 Å². The molecule has 0 spiro atoms. The lowest BCUT2D eigenvalue weighted by molar-refractivity contribution is -0.123. The maximum absolute atomic E-state index is 12.2. The average molecular weight is 344 g/mol. The minimum Gasteiger partial charge on any atom is -0.315 e. The summed E-state index contributed by atoms with van der Waals surface area (Å²) in [6.07, 6.45) is 0.637. The number of benzene rings is 3. The number of aromatic nitrogens is 2. The van der Waals surface area contributed by atoms with E-state index in [1.165, 1.54) is 16.3 Å². The van der Waals surface area contributed by atoms with Crippen molar-refractivity contribution < 1.29 is 4.79 Å². The molecule has 0 radical (unpaired) electrons. The highest BCUT2D eigenvalue weighted by molar-refractivity contribution is 5.86. The molecule has 0 saturated heterocycles. The molecule has 5 heteroatoms. The van der Waals surface area contributed by atoms with Crippen molar-refractivity contribution in [3.63, 3.8) is 0 Å². The fourth-order valence-electron chi connectivity index (χ4n) is 3.51. The summed E-state index contributed by atoms with van der Waals surface area (Å²) in [4.78, 5) is 17.0. The van der Waals surface area contributed by atoms with Gasteiger partial charge in [0, 0.05) is 6.42 Å². The fraction of sp³-hybridized carbons (Fsp3) is 0.143. The second-order valence-corrected chi connectivity index (χ2v) is 6.39. The summed E-state index contributed by atoms with van der Waals surface area (Å²) in [6, 6.07) is 22.0. The minimum absolute atomic E-state index is 0.243. The number of amides is 1. The number of hydrogen-bond donors (Lipinski definition) is 2. The number of hydrogen-bond acceptors (Lipinski definition) is 3. The molecule has 0 aliphatic rings. The zero-order chi connectivity index (χ0) is 18.1. The van der Waals surface area contributed by atoms with Gasteiger partial charge in [-0.05, 0) is 35.4 Å². The van der Waals surface area contributed by atoms with Crippen molar-refractivity contribution in [1.82, 2.24) is 15.0 Å². The molecule has 4 aromatic rings. The number of nitrogens with zero attached hydrogens (tertiary/aromatic N) is 2. The Kier molecular flexibility index (Phi) is 4.14. The molecule has 1 amide bonds. The van der Waals surface area contributed by atoms with E-state index in [0.717, 1.165) is 16.9 Å². The molecule has 0 fully saturated rings. The average Bonchev–Trinajstić information content (AvgIpc) is 3.05. The SMILES string of the molecule is CC(C(=O)NN)n1c(Cc2cccc3ccccc23)nc2ccccc21. The van der Waals surface area contributed by atoms with E-state index in [0.29, 0.717) is 6.42 Å². The van der Waals surface area contributed by atoms with E-state index in [4.69, 9.17) is 10.8 Å². The van der Waals surface area contributed by atoms with Crippen molar-refractivity contribution in [3.8, 4) is 0 Å². The molecule has 4 rings (SSSR count). The van der Waals surface area contributed by atoms with Crippen LogP contribution in [-0.4, -0.2) is 15.5 Å². The third-order valence-electron chi connectivity index (χ3n) is 4.81. The first kappa shape index (κ1) is 16.3. The summed E-state index contributed by atoms with van der Waals surface area (Å²) in [5.74, 6) is 5.97. The van der Waals surface area contributed by atoms with Crippen molar-refractivity contribution in [3.05, 3.63) is 78.1 Å². The fourth-order valence-corrected chi connectivity index (χ4v) is 3.51. The van der Waals surface area contributed by atoms with E-state index in [9.17, 15) is 4.79 Å². The number of hydrazine groups is 1. The summed E-state index contributed by atoms with van der Waals surface area (Å²) in [5, 5.41) is 2.39. The van der Waals surface area contributed by atoms with Crippen LogP contribution in [0.4, 0.5) is 0 Å². The lowest BCUT2D eigenvalue weighted by atomic mass is 10.0. The van der Waals surface area contributed by atoms with E-state index < -0.39 is 6.04 Å². The smallest absolute Gasteiger partial charge is 0.256 e. The van der Waals surface area contributed by atoms with Gasteiger partial charge in [0.1, 0.15) is 11.9 Å². The molecule has 0 aliphatic carbocycles. The zero-order valence-electron chi connectivity index (χ0n) is 14.5. The van der Waals surface area contributed by atoms with E-state index in [-0.39, 0.29) is 5.91 Å². The van der Waals surface area contributed by atoms with Crippen LogP contribution < -0.4 is 11.3 Å². The zero-order valence-corrected chi connectivity index (χ0v) is 14.5. The molecule has 3 aromatic carbocycles. The Morgan fingerprint density at radius 2 is 1.81 bits per heavy atom. The quantitative estimate of drug-likeness (QED) is 0.339. The molecule has 0 saturated carbocycles. The van der Waals surface area contributed by atoms with Crippen LogP contribution in [-0.2, 0) is 11.2 Å². The van der Waals surface area contributed by atoms with E-state index in [1.54, 1.807) is 0 Å². The van der Waals surface area contributed by atoms with Gasteiger partial charge >= 0.3 is 0 Å². The topological polar surface area (TPSA) is 72.9 Å². The Bertz CT molecular complexity index is 1090. The number of carbonyl (C=O) groups excluding carboxylic acids is 1. The standard InChI is InChI=1S/C21H20N4O/c1-14(21(26)24-22)25-19-12-5-4-11-18(19)23-20(25)13-16-9-6-8-15-7-2-3-10-17(15)16/h2-12,14H,13,22H2,1H3,(H,24,26). The summed E-state index contributed by atoms with van der Waals surface area (Å²) in [5.41, 5.74) is 5.24. The first-order chi connectivity index (χ1) is 12.7.